The Labute approximate surface area is 120 Å². The fraction of sp³-hybridized carbons (Fsp3) is 0.500. The van der Waals surface area contributed by atoms with Crippen LogP contribution in [-0.4, -0.2) is 10.1 Å². The molecule has 1 unspecified atom stereocenters. The van der Waals surface area contributed by atoms with E-state index in [1.54, 1.807) is 0 Å². The quantitative estimate of drug-likeness (QED) is 0.824. The van der Waals surface area contributed by atoms with Gasteiger partial charge in [-0.15, -0.1) is 0 Å². The first-order valence-electron chi connectivity index (χ1n) is 7.86. The summed E-state index contributed by atoms with van der Waals surface area (Å²) in [5.41, 5.74) is 2.03. The Kier molecular flexibility index (Phi) is 4.31. The van der Waals surface area contributed by atoms with Crippen LogP contribution in [0.15, 0.2) is 36.5 Å². The third-order valence-corrected chi connectivity index (χ3v) is 4.54. The summed E-state index contributed by atoms with van der Waals surface area (Å²) in [6.45, 7) is 0. The maximum Gasteiger partial charge on any atom is 0.0792 e. The Balaban J connectivity index is 1.72. The zero-order chi connectivity index (χ0) is 13.8. The third kappa shape index (κ3) is 3.18. The van der Waals surface area contributed by atoms with Crippen molar-refractivity contribution in [3.63, 3.8) is 0 Å². The van der Waals surface area contributed by atoms with Crippen LogP contribution in [0.5, 0.6) is 0 Å². The maximum absolute atomic E-state index is 10.5. The molecule has 1 heterocycles. The number of fused-ring (bicyclic) bond motifs is 1. The Morgan fingerprint density at radius 3 is 2.70 bits per heavy atom. The topological polar surface area (TPSA) is 33.1 Å². The van der Waals surface area contributed by atoms with E-state index in [0.29, 0.717) is 5.92 Å². The molecule has 1 aliphatic carbocycles. The van der Waals surface area contributed by atoms with E-state index in [4.69, 9.17) is 0 Å². The minimum atomic E-state index is -0.331. The second kappa shape index (κ2) is 6.36. The van der Waals surface area contributed by atoms with Crippen molar-refractivity contribution in [3.05, 3.63) is 42.1 Å². The number of rotatable bonds is 3. The highest BCUT2D eigenvalue weighted by Crippen LogP contribution is 2.31. The number of aromatic nitrogens is 1. The van der Waals surface area contributed by atoms with Crippen LogP contribution in [0.2, 0.25) is 0 Å². The van der Waals surface area contributed by atoms with Crippen molar-refractivity contribution in [1.82, 2.24) is 4.98 Å². The van der Waals surface area contributed by atoms with E-state index in [9.17, 15) is 5.11 Å². The molecule has 0 spiro atoms. The lowest BCUT2D eigenvalue weighted by Gasteiger charge is -2.19. The Hall–Kier alpha value is -1.41. The first-order valence-corrected chi connectivity index (χ1v) is 7.86. The second-order valence-electron chi connectivity index (χ2n) is 6.06. The third-order valence-electron chi connectivity index (χ3n) is 4.54. The molecule has 1 aromatic carbocycles. The smallest absolute Gasteiger partial charge is 0.0792 e. The summed E-state index contributed by atoms with van der Waals surface area (Å²) in [5.74, 6) is 0.692. The Morgan fingerprint density at radius 1 is 1.10 bits per heavy atom. The van der Waals surface area contributed by atoms with Crippen molar-refractivity contribution >= 4 is 10.9 Å². The van der Waals surface area contributed by atoms with Crippen LogP contribution in [0.4, 0.5) is 0 Å². The number of aliphatic hydroxyl groups excluding tert-OH is 1. The maximum atomic E-state index is 10.5. The summed E-state index contributed by atoms with van der Waals surface area (Å²) in [6.07, 6.45) is 10.4. The summed E-state index contributed by atoms with van der Waals surface area (Å²) in [4.78, 5) is 4.33. The zero-order valence-corrected chi connectivity index (χ0v) is 12.0. The van der Waals surface area contributed by atoms with Gasteiger partial charge in [0.15, 0.2) is 0 Å². The van der Waals surface area contributed by atoms with E-state index < -0.39 is 0 Å². The van der Waals surface area contributed by atoms with Gasteiger partial charge in [0.25, 0.3) is 0 Å². The predicted octanol–water partition coefficient (Wildman–Crippen LogP) is 4.63. The van der Waals surface area contributed by atoms with Gasteiger partial charge in [0, 0.05) is 11.6 Å². The predicted molar refractivity (Wildman–Crippen MR) is 82.5 cm³/mol. The van der Waals surface area contributed by atoms with Crippen molar-refractivity contribution in [3.8, 4) is 0 Å². The monoisotopic (exact) mass is 269 g/mol. The minimum absolute atomic E-state index is 0.331. The first kappa shape index (κ1) is 13.6. The van der Waals surface area contributed by atoms with Gasteiger partial charge in [-0.3, -0.25) is 4.98 Å². The lowest BCUT2D eigenvalue weighted by molar-refractivity contribution is 0.139. The van der Waals surface area contributed by atoms with Gasteiger partial charge in [-0.25, -0.2) is 0 Å². The number of hydrogen-bond acceptors (Lipinski definition) is 2. The van der Waals surface area contributed by atoms with Gasteiger partial charge in [-0.2, -0.15) is 0 Å². The molecule has 0 bridgehead atoms. The minimum Gasteiger partial charge on any atom is -0.388 e. The Bertz CT molecular complexity index is 558. The number of nitrogens with zero attached hydrogens (tertiary/aromatic N) is 1. The normalized spacial score (nSPS) is 18.9. The molecular formula is C18H23NO. The molecule has 1 aromatic heterocycles. The molecule has 3 rings (SSSR count). The SMILES string of the molecule is OC(CC1CCCCCC1)c1ccc2ncccc2c1. The van der Waals surface area contributed by atoms with E-state index in [1.165, 1.54) is 38.5 Å². The lowest BCUT2D eigenvalue weighted by Crippen LogP contribution is -2.07. The van der Waals surface area contributed by atoms with Crippen LogP contribution in [0, 0.1) is 5.92 Å². The highest BCUT2D eigenvalue weighted by atomic mass is 16.3. The highest BCUT2D eigenvalue weighted by Gasteiger charge is 2.18. The van der Waals surface area contributed by atoms with Crippen LogP contribution in [0.1, 0.15) is 56.6 Å². The van der Waals surface area contributed by atoms with Crippen LogP contribution in [-0.2, 0) is 0 Å². The van der Waals surface area contributed by atoms with Crippen molar-refractivity contribution in [2.75, 3.05) is 0 Å². The van der Waals surface area contributed by atoms with Gasteiger partial charge in [-0.1, -0.05) is 50.7 Å². The average molecular weight is 269 g/mol. The van der Waals surface area contributed by atoms with Crippen LogP contribution < -0.4 is 0 Å². The molecule has 0 amide bonds. The van der Waals surface area contributed by atoms with Crippen molar-refractivity contribution in [2.24, 2.45) is 5.92 Å². The van der Waals surface area contributed by atoms with Crippen molar-refractivity contribution in [1.29, 1.82) is 0 Å². The molecule has 2 heteroatoms. The molecule has 0 saturated heterocycles. The number of aliphatic hydroxyl groups is 1. The highest BCUT2D eigenvalue weighted by molar-refractivity contribution is 5.78. The fourth-order valence-corrected chi connectivity index (χ4v) is 3.35. The average Bonchev–Trinajstić information content (AvgIpc) is 2.75. The molecule has 1 N–H and O–H groups in total. The molecule has 1 aliphatic rings. The van der Waals surface area contributed by atoms with Gasteiger partial charge in [-0.05, 0) is 36.1 Å². The summed E-state index contributed by atoms with van der Waals surface area (Å²) in [5, 5.41) is 11.6. The molecule has 2 aromatic rings. The fourth-order valence-electron chi connectivity index (χ4n) is 3.35. The molecule has 1 atom stereocenters. The van der Waals surface area contributed by atoms with E-state index in [-0.39, 0.29) is 6.10 Å². The van der Waals surface area contributed by atoms with Gasteiger partial charge < -0.3 is 5.11 Å². The summed E-state index contributed by atoms with van der Waals surface area (Å²) in [6, 6.07) is 10.1. The largest absolute Gasteiger partial charge is 0.388 e. The van der Waals surface area contributed by atoms with Gasteiger partial charge in [0.05, 0.1) is 11.6 Å². The standard InChI is InChI=1S/C18H23NO/c20-18(12-14-6-3-1-2-4-7-14)16-9-10-17-15(13-16)8-5-11-19-17/h5,8-11,13-14,18,20H,1-4,6-7,12H2. The van der Waals surface area contributed by atoms with Gasteiger partial charge >= 0.3 is 0 Å². The molecule has 0 aliphatic heterocycles. The van der Waals surface area contributed by atoms with E-state index >= 15 is 0 Å². The van der Waals surface area contributed by atoms with Crippen LogP contribution in [0.3, 0.4) is 0 Å². The lowest BCUT2D eigenvalue weighted by atomic mass is 9.91. The summed E-state index contributed by atoms with van der Waals surface area (Å²) >= 11 is 0. The molecular weight excluding hydrogens is 246 g/mol. The second-order valence-corrected chi connectivity index (χ2v) is 6.06. The zero-order valence-electron chi connectivity index (χ0n) is 12.0. The van der Waals surface area contributed by atoms with Crippen LogP contribution >= 0.6 is 0 Å². The van der Waals surface area contributed by atoms with E-state index in [1.807, 2.05) is 24.4 Å². The first-order chi connectivity index (χ1) is 9.83. The van der Waals surface area contributed by atoms with Crippen molar-refractivity contribution < 1.29 is 5.11 Å². The van der Waals surface area contributed by atoms with Gasteiger partial charge in [0.2, 0.25) is 0 Å². The van der Waals surface area contributed by atoms with Crippen molar-refractivity contribution in [2.45, 2.75) is 51.0 Å². The number of hydrogen-bond donors (Lipinski definition) is 1. The Morgan fingerprint density at radius 2 is 1.90 bits per heavy atom. The van der Waals surface area contributed by atoms with E-state index in [2.05, 4.69) is 17.1 Å². The number of benzene rings is 1. The molecule has 20 heavy (non-hydrogen) atoms. The molecule has 0 radical (unpaired) electrons. The summed E-state index contributed by atoms with van der Waals surface area (Å²) in [7, 11) is 0. The molecule has 1 saturated carbocycles. The number of pyridine rings is 1. The summed E-state index contributed by atoms with van der Waals surface area (Å²) < 4.78 is 0. The van der Waals surface area contributed by atoms with Gasteiger partial charge in [0.1, 0.15) is 0 Å². The molecule has 2 nitrogen and oxygen atoms in total. The van der Waals surface area contributed by atoms with Crippen LogP contribution in [0.25, 0.3) is 10.9 Å². The van der Waals surface area contributed by atoms with E-state index in [0.717, 1.165) is 22.9 Å². The molecule has 1 fully saturated rings. The molecule has 106 valence electrons.